The first kappa shape index (κ1) is 14.6. The van der Waals surface area contributed by atoms with Gasteiger partial charge in [0.2, 0.25) is 5.91 Å². The summed E-state index contributed by atoms with van der Waals surface area (Å²) in [6, 6.07) is 7.39. The molecule has 20 heavy (non-hydrogen) atoms. The average molecular weight is 274 g/mol. The SMILES string of the molecule is CC(=O)Nc1ccccc1C(=O)NC1CCCCCC1. The van der Waals surface area contributed by atoms with Crippen LogP contribution in [0, 0.1) is 0 Å². The molecule has 0 aromatic heterocycles. The largest absolute Gasteiger partial charge is 0.349 e. The molecule has 2 amide bonds. The molecule has 0 atom stereocenters. The molecule has 0 saturated heterocycles. The highest BCUT2D eigenvalue weighted by atomic mass is 16.2. The topological polar surface area (TPSA) is 58.2 Å². The summed E-state index contributed by atoms with van der Waals surface area (Å²) in [6.07, 6.45) is 6.97. The third-order valence-corrected chi connectivity index (χ3v) is 3.67. The summed E-state index contributed by atoms with van der Waals surface area (Å²) in [5.41, 5.74) is 1.11. The second-order valence-electron chi connectivity index (χ2n) is 5.39. The van der Waals surface area contributed by atoms with E-state index in [2.05, 4.69) is 10.6 Å². The summed E-state index contributed by atoms with van der Waals surface area (Å²) < 4.78 is 0. The van der Waals surface area contributed by atoms with Gasteiger partial charge < -0.3 is 10.6 Å². The number of nitrogens with one attached hydrogen (secondary N) is 2. The maximum atomic E-state index is 12.4. The van der Waals surface area contributed by atoms with Crippen molar-refractivity contribution in [3.63, 3.8) is 0 Å². The molecule has 2 N–H and O–H groups in total. The Labute approximate surface area is 119 Å². The van der Waals surface area contributed by atoms with Crippen molar-refractivity contribution in [3.8, 4) is 0 Å². The summed E-state index contributed by atoms with van der Waals surface area (Å²) in [7, 11) is 0. The van der Waals surface area contributed by atoms with Gasteiger partial charge >= 0.3 is 0 Å². The maximum Gasteiger partial charge on any atom is 0.253 e. The van der Waals surface area contributed by atoms with Gasteiger partial charge in [0, 0.05) is 13.0 Å². The van der Waals surface area contributed by atoms with Gasteiger partial charge in [-0.05, 0) is 25.0 Å². The highest BCUT2D eigenvalue weighted by Gasteiger charge is 2.17. The predicted octanol–water partition coefficient (Wildman–Crippen LogP) is 3.10. The van der Waals surface area contributed by atoms with Crippen molar-refractivity contribution in [2.75, 3.05) is 5.32 Å². The monoisotopic (exact) mass is 274 g/mol. The van der Waals surface area contributed by atoms with Gasteiger partial charge in [-0.25, -0.2) is 0 Å². The van der Waals surface area contributed by atoms with E-state index < -0.39 is 0 Å². The van der Waals surface area contributed by atoms with Gasteiger partial charge in [0.15, 0.2) is 0 Å². The van der Waals surface area contributed by atoms with Gasteiger partial charge in [-0.3, -0.25) is 9.59 Å². The van der Waals surface area contributed by atoms with Crippen LogP contribution in [-0.4, -0.2) is 17.9 Å². The first-order valence-electron chi connectivity index (χ1n) is 7.34. The molecule has 0 heterocycles. The van der Waals surface area contributed by atoms with Crippen LogP contribution in [0.25, 0.3) is 0 Å². The van der Waals surface area contributed by atoms with Gasteiger partial charge in [-0.15, -0.1) is 0 Å². The molecular weight excluding hydrogens is 252 g/mol. The van der Waals surface area contributed by atoms with Gasteiger partial charge in [-0.1, -0.05) is 37.8 Å². The molecule has 1 fully saturated rings. The van der Waals surface area contributed by atoms with E-state index in [0.717, 1.165) is 12.8 Å². The van der Waals surface area contributed by atoms with Crippen LogP contribution in [0.2, 0.25) is 0 Å². The van der Waals surface area contributed by atoms with Crippen molar-refractivity contribution in [1.82, 2.24) is 5.32 Å². The smallest absolute Gasteiger partial charge is 0.253 e. The lowest BCUT2D eigenvalue weighted by atomic mass is 10.1. The number of para-hydroxylation sites is 1. The van der Waals surface area contributed by atoms with E-state index >= 15 is 0 Å². The van der Waals surface area contributed by atoms with Gasteiger partial charge in [0.25, 0.3) is 5.91 Å². The molecule has 1 aromatic rings. The molecule has 0 spiro atoms. The van der Waals surface area contributed by atoms with E-state index in [-0.39, 0.29) is 17.9 Å². The van der Waals surface area contributed by atoms with Crippen LogP contribution < -0.4 is 10.6 Å². The summed E-state index contributed by atoms with van der Waals surface area (Å²) in [6.45, 7) is 1.44. The fraction of sp³-hybridized carbons (Fsp3) is 0.500. The molecule has 1 aliphatic rings. The Morgan fingerprint density at radius 1 is 1.05 bits per heavy atom. The van der Waals surface area contributed by atoms with E-state index in [9.17, 15) is 9.59 Å². The molecule has 0 bridgehead atoms. The third-order valence-electron chi connectivity index (χ3n) is 3.67. The third kappa shape index (κ3) is 4.08. The van der Waals surface area contributed by atoms with Crippen molar-refractivity contribution in [2.45, 2.75) is 51.5 Å². The van der Waals surface area contributed by atoms with Crippen molar-refractivity contribution in [1.29, 1.82) is 0 Å². The zero-order valence-corrected chi connectivity index (χ0v) is 11.9. The van der Waals surface area contributed by atoms with Crippen LogP contribution in [0.1, 0.15) is 55.8 Å². The molecule has 0 unspecified atom stereocenters. The van der Waals surface area contributed by atoms with Gasteiger partial charge in [0.1, 0.15) is 0 Å². The summed E-state index contributed by atoms with van der Waals surface area (Å²) in [5, 5.41) is 5.80. The van der Waals surface area contributed by atoms with Gasteiger partial charge in [0.05, 0.1) is 11.3 Å². The average Bonchev–Trinajstić information content (AvgIpc) is 2.67. The minimum atomic E-state index is -0.167. The quantitative estimate of drug-likeness (QED) is 0.832. The molecule has 108 valence electrons. The number of rotatable bonds is 3. The Morgan fingerprint density at radius 2 is 1.70 bits per heavy atom. The van der Waals surface area contributed by atoms with Crippen molar-refractivity contribution >= 4 is 17.5 Å². The van der Waals surface area contributed by atoms with Crippen LogP contribution in [0.15, 0.2) is 24.3 Å². The predicted molar refractivity (Wildman–Crippen MR) is 79.7 cm³/mol. The minimum Gasteiger partial charge on any atom is -0.349 e. The number of hydrogen-bond acceptors (Lipinski definition) is 2. The number of carbonyl (C=O) groups excluding carboxylic acids is 2. The zero-order valence-electron chi connectivity index (χ0n) is 11.9. The molecule has 1 aliphatic carbocycles. The maximum absolute atomic E-state index is 12.4. The standard InChI is InChI=1S/C16H22N2O2/c1-12(19)17-15-11-7-6-10-14(15)16(20)18-13-8-4-2-3-5-9-13/h6-7,10-11,13H,2-5,8-9H2,1H3,(H,17,19)(H,18,20). The molecule has 0 aliphatic heterocycles. The Morgan fingerprint density at radius 3 is 2.35 bits per heavy atom. The number of amides is 2. The number of anilines is 1. The first-order valence-corrected chi connectivity index (χ1v) is 7.34. The van der Waals surface area contributed by atoms with Crippen molar-refractivity contribution in [3.05, 3.63) is 29.8 Å². The second-order valence-corrected chi connectivity index (χ2v) is 5.39. The molecule has 2 rings (SSSR count). The highest BCUT2D eigenvalue weighted by molar-refractivity contribution is 6.03. The number of carbonyl (C=O) groups is 2. The lowest BCUT2D eigenvalue weighted by Crippen LogP contribution is -2.34. The van der Waals surface area contributed by atoms with Crippen LogP contribution in [-0.2, 0) is 4.79 Å². The van der Waals surface area contributed by atoms with Crippen LogP contribution >= 0.6 is 0 Å². The fourth-order valence-corrected chi connectivity index (χ4v) is 2.67. The summed E-state index contributed by atoms with van der Waals surface area (Å²) in [4.78, 5) is 23.5. The van der Waals surface area contributed by atoms with E-state index in [1.54, 1.807) is 12.1 Å². The highest BCUT2D eigenvalue weighted by Crippen LogP contribution is 2.19. The molecule has 4 nitrogen and oxygen atoms in total. The summed E-state index contributed by atoms with van der Waals surface area (Å²) in [5.74, 6) is -0.263. The van der Waals surface area contributed by atoms with E-state index in [4.69, 9.17) is 0 Å². The Balaban J connectivity index is 2.06. The van der Waals surface area contributed by atoms with Crippen LogP contribution in [0.3, 0.4) is 0 Å². The molecule has 1 saturated carbocycles. The van der Waals surface area contributed by atoms with Crippen LogP contribution in [0.5, 0.6) is 0 Å². The Kier molecular flexibility index (Phi) is 5.16. The van der Waals surface area contributed by atoms with Crippen molar-refractivity contribution in [2.24, 2.45) is 0 Å². The van der Waals surface area contributed by atoms with E-state index in [1.807, 2.05) is 12.1 Å². The summed E-state index contributed by atoms with van der Waals surface area (Å²) >= 11 is 0. The zero-order chi connectivity index (χ0) is 14.4. The van der Waals surface area contributed by atoms with Crippen molar-refractivity contribution < 1.29 is 9.59 Å². The number of hydrogen-bond donors (Lipinski definition) is 2. The first-order chi connectivity index (χ1) is 9.66. The lowest BCUT2D eigenvalue weighted by Gasteiger charge is -2.17. The lowest BCUT2D eigenvalue weighted by molar-refractivity contribution is -0.114. The minimum absolute atomic E-state index is 0.0961. The number of benzene rings is 1. The van der Waals surface area contributed by atoms with E-state index in [1.165, 1.54) is 32.6 Å². The molecular formula is C16H22N2O2. The Bertz CT molecular complexity index is 477. The molecule has 4 heteroatoms. The van der Waals surface area contributed by atoms with E-state index in [0.29, 0.717) is 11.3 Å². The Hall–Kier alpha value is -1.84. The van der Waals surface area contributed by atoms with Crippen LogP contribution in [0.4, 0.5) is 5.69 Å². The molecule has 1 aromatic carbocycles. The van der Waals surface area contributed by atoms with Gasteiger partial charge in [-0.2, -0.15) is 0 Å². The second kappa shape index (κ2) is 7.08. The fourth-order valence-electron chi connectivity index (χ4n) is 2.67. The normalized spacial score (nSPS) is 16.2. The molecule has 0 radical (unpaired) electrons.